The summed E-state index contributed by atoms with van der Waals surface area (Å²) in [5, 5.41) is 0. The molecule has 0 atom stereocenters. The van der Waals surface area contributed by atoms with Crippen molar-refractivity contribution in [1.82, 2.24) is 0 Å². The molecule has 1 heterocycles. The summed E-state index contributed by atoms with van der Waals surface area (Å²) in [5.41, 5.74) is 1.56. The minimum atomic E-state index is -0.293. The first-order valence-electron chi connectivity index (χ1n) is 5.78. The first kappa shape index (κ1) is 12.2. The van der Waals surface area contributed by atoms with E-state index in [9.17, 15) is 4.79 Å². The molecule has 0 saturated heterocycles. The second-order valence-corrected chi connectivity index (χ2v) is 3.69. The maximum atomic E-state index is 11.4. The number of benzene rings is 1. The Hall–Kier alpha value is -2.29. The van der Waals surface area contributed by atoms with Crippen LogP contribution >= 0.6 is 0 Å². The van der Waals surface area contributed by atoms with Crippen LogP contribution in [0.5, 0.6) is 0 Å². The minimum Gasteiger partial charge on any atom is -0.465 e. The highest BCUT2D eigenvalue weighted by Crippen LogP contribution is 2.10. The van der Waals surface area contributed by atoms with Gasteiger partial charge in [-0.05, 0) is 42.8 Å². The van der Waals surface area contributed by atoms with E-state index in [2.05, 4.69) is 0 Å². The summed E-state index contributed by atoms with van der Waals surface area (Å²) >= 11 is 0. The van der Waals surface area contributed by atoms with Gasteiger partial charge in [0.25, 0.3) is 0 Å². The lowest BCUT2D eigenvalue weighted by Gasteiger charge is -2.01. The van der Waals surface area contributed by atoms with Crippen LogP contribution in [0, 0.1) is 0 Å². The lowest BCUT2D eigenvalue weighted by molar-refractivity contribution is 0.0526. The molecule has 0 bridgehead atoms. The molecule has 3 nitrogen and oxygen atoms in total. The van der Waals surface area contributed by atoms with Gasteiger partial charge in [-0.2, -0.15) is 0 Å². The summed E-state index contributed by atoms with van der Waals surface area (Å²) in [7, 11) is 0. The van der Waals surface area contributed by atoms with Crippen LogP contribution in [0.3, 0.4) is 0 Å². The minimum absolute atomic E-state index is 0.293. The molecular weight excluding hydrogens is 228 g/mol. The average Bonchev–Trinajstić information content (AvgIpc) is 2.90. The third-order valence-electron chi connectivity index (χ3n) is 2.41. The second-order valence-electron chi connectivity index (χ2n) is 3.69. The third kappa shape index (κ3) is 3.10. The molecule has 92 valence electrons. The first-order chi connectivity index (χ1) is 8.79. The maximum absolute atomic E-state index is 11.4. The summed E-state index contributed by atoms with van der Waals surface area (Å²) in [6.45, 7) is 2.18. The van der Waals surface area contributed by atoms with Crippen LogP contribution in [0.1, 0.15) is 28.6 Å². The van der Waals surface area contributed by atoms with Crippen molar-refractivity contribution in [3.8, 4) is 0 Å². The molecule has 0 radical (unpaired) electrons. The van der Waals surface area contributed by atoms with Gasteiger partial charge in [0, 0.05) is 0 Å². The van der Waals surface area contributed by atoms with Gasteiger partial charge in [-0.3, -0.25) is 0 Å². The van der Waals surface area contributed by atoms with Crippen LogP contribution in [-0.4, -0.2) is 12.6 Å². The van der Waals surface area contributed by atoms with Crippen molar-refractivity contribution in [3.05, 3.63) is 59.5 Å². The van der Waals surface area contributed by atoms with Gasteiger partial charge >= 0.3 is 5.97 Å². The van der Waals surface area contributed by atoms with E-state index < -0.39 is 0 Å². The fourth-order valence-corrected chi connectivity index (χ4v) is 1.51. The second kappa shape index (κ2) is 5.87. The van der Waals surface area contributed by atoms with Gasteiger partial charge in [-0.1, -0.05) is 18.2 Å². The monoisotopic (exact) mass is 242 g/mol. The van der Waals surface area contributed by atoms with Gasteiger partial charge in [-0.25, -0.2) is 4.79 Å². The summed E-state index contributed by atoms with van der Waals surface area (Å²) < 4.78 is 10.1. The Labute approximate surface area is 106 Å². The summed E-state index contributed by atoms with van der Waals surface area (Å²) in [6, 6.07) is 10.9. The van der Waals surface area contributed by atoms with E-state index in [0.29, 0.717) is 12.2 Å². The lowest BCUT2D eigenvalue weighted by Crippen LogP contribution is -2.03. The Morgan fingerprint density at radius 3 is 2.61 bits per heavy atom. The molecule has 0 N–H and O–H groups in total. The van der Waals surface area contributed by atoms with Gasteiger partial charge in [0.1, 0.15) is 5.76 Å². The van der Waals surface area contributed by atoms with E-state index >= 15 is 0 Å². The number of furan rings is 1. The van der Waals surface area contributed by atoms with Crippen molar-refractivity contribution in [2.75, 3.05) is 6.61 Å². The quantitative estimate of drug-likeness (QED) is 0.768. The van der Waals surface area contributed by atoms with Crippen molar-refractivity contribution in [3.63, 3.8) is 0 Å². The van der Waals surface area contributed by atoms with Crippen molar-refractivity contribution >= 4 is 18.1 Å². The van der Waals surface area contributed by atoms with Crippen LogP contribution < -0.4 is 0 Å². The van der Waals surface area contributed by atoms with E-state index in [1.54, 1.807) is 25.3 Å². The van der Waals surface area contributed by atoms with Gasteiger partial charge < -0.3 is 9.15 Å². The van der Waals surface area contributed by atoms with Crippen molar-refractivity contribution in [2.24, 2.45) is 0 Å². The van der Waals surface area contributed by atoms with E-state index in [0.717, 1.165) is 11.3 Å². The molecule has 18 heavy (non-hydrogen) atoms. The molecule has 1 aromatic heterocycles. The molecule has 3 heteroatoms. The van der Waals surface area contributed by atoms with Crippen LogP contribution in [0.15, 0.2) is 47.1 Å². The largest absolute Gasteiger partial charge is 0.465 e. The average molecular weight is 242 g/mol. The lowest BCUT2D eigenvalue weighted by atomic mass is 10.1. The number of hydrogen-bond donors (Lipinski definition) is 0. The predicted molar refractivity (Wildman–Crippen MR) is 70.0 cm³/mol. The number of carbonyl (C=O) groups excluding carboxylic acids is 1. The Morgan fingerprint density at radius 2 is 2.00 bits per heavy atom. The SMILES string of the molecule is CCOC(=O)c1ccc(C=Cc2ccco2)cc1. The Morgan fingerprint density at radius 1 is 1.22 bits per heavy atom. The van der Waals surface area contributed by atoms with Gasteiger partial charge in [0.15, 0.2) is 0 Å². The topological polar surface area (TPSA) is 39.4 Å². The molecule has 0 spiro atoms. The number of hydrogen-bond acceptors (Lipinski definition) is 3. The highest BCUT2D eigenvalue weighted by Gasteiger charge is 2.04. The molecule has 1 aromatic carbocycles. The number of ether oxygens (including phenoxy) is 1. The Bertz CT molecular complexity index is 521. The van der Waals surface area contributed by atoms with Crippen LogP contribution in [0.2, 0.25) is 0 Å². The number of esters is 1. The van der Waals surface area contributed by atoms with Crippen molar-refractivity contribution in [1.29, 1.82) is 0 Å². The molecule has 0 unspecified atom stereocenters. The molecule has 0 aliphatic rings. The molecular formula is C15H14O3. The maximum Gasteiger partial charge on any atom is 0.338 e. The smallest absolute Gasteiger partial charge is 0.338 e. The fraction of sp³-hybridized carbons (Fsp3) is 0.133. The summed E-state index contributed by atoms with van der Waals surface area (Å²) in [6.07, 6.45) is 5.43. The number of carbonyl (C=O) groups is 1. The Kier molecular flexibility index (Phi) is 3.97. The van der Waals surface area contributed by atoms with E-state index in [4.69, 9.17) is 9.15 Å². The molecule has 0 fully saturated rings. The highest BCUT2D eigenvalue weighted by molar-refractivity contribution is 5.89. The third-order valence-corrected chi connectivity index (χ3v) is 2.41. The first-order valence-corrected chi connectivity index (χ1v) is 5.78. The van der Waals surface area contributed by atoms with Crippen LogP contribution in [0.4, 0.5) is 0 Å². The zero-order valence-electron chi connectivity index (χ0n) is 10.1. The van der Waals surface area contributed by atoms with Crippen molar-refractivity contribution < 1.29 is 13.9 Å². The summed E-state index contributed by atoms with van der Waals surface area (Å²) in [4.78, 5) is 11.4. The standard InChI is InChI=1S/C15H14O3/c1-2-17-15(16)13-8-5-12(6-9-13)7-10-14-4-3-11-18-14/h3-11H,2H2,1H3. The van der Waals surface area contributed by atoms with Gasteiger partial charge in [-0.15, -0.1) is 0 Å². The molecule has 0 amide bonds. The Balaban J connectivity index is 2.06. The molecule has 2 aromatic rings. The normalized spacial score (nSPS) is 10.7. The molecule has 0 aliphatic carbocycles. The van der Waals surface area contributed by atoms with E-state index in [1.807, 2.05) is 36.4 Å². The van der Waals surface area contributed by atoms with Crippen LogP contribution in [-0.2, 0) is 4.74 Å². The molecule has 0 saturated carbocycles. The van der Waals surface area contributed by atoms with E-state index in [1.165, 1.54) is 0 Å². The number of rotatable bonds is 4. The van der Waals surface area contributed by atoms with Gasteiger partial charge in [0.05, 0.1) is 18.4 Å². The zero-order chi connectivity index (χ0) is 12.8. The predicted octanol–water partition coefficient (Wildman–Crippen LogP) is 3.63. The molecule has 2 rings (SSSR count). The molecule has 0 aliphatic heterocycles. The van der Waals surface area contributed by atoms with Crippen LogP contribution in [0.25, 0.3) is 12.2 Å². The highest BCUT2D eigenvalue weighted by atomic mass is 16.5. The van der Waals surface area contributed by atoms with Crippen molar-refractivity contribution in [2.45, 2.75) is 6.92 Å². The van der Waals surface area contributed by atoms with Gasteiger partial charge in [0.2, 0.25) is 0 Å². The fourth-order valence-electron chi connectivity index (χ4n) is 1.51. The van der Waals surface area contributed by atoms with E-state index in [-0.39, 0.29) is 5.97 Å². The zero-order valence-corrected chi connectivity index (χ0v) is 10.1. The summed E-state index contributed by atoms with van der Waals surface area (Å²) in [5.74, 6) is 0.503.